The maximum atomic E-state index is 10.7. The molecule has 0 fully saturated rings. The molecule has 0 aliphatic carbocycles. The Morgan fingerprint density at radius 2 is 2.08 bits per heavy atom. The molecular formula is C8H8O4S. The third-order valence-electron chi connectivity index (χ3n) is 1.70. The van der Waals surface area contributed by atoms with E-state index in [0.717, 1.165) is 0 Å². The Hall–Kier alpha value is -1.20. The predicted octanol–water partition coefficient (Wildman–Crippen LogP) is 1.27. The molecule has 0 radical (unpaired) electrons. The first kappa shape index (κ1) is 9.88. The fourth-order valence-electron chi connectivity index (χ4n) is 1.04. The SMILES string of the molecule is Cc1c(C(=O)O)cccc1S(=O)O. The topological polar surface area (TPSA) is 74.6 Å². The first-order valence-corrected chi connectivity index (χ1v) is 4.58. The second-order valence-electron chi connectivity index (χ2n) is 2.48. The summed E-state index contributed by atoms with van der Waals surface area (Å²) in [6, 6.07) is 4.27. The van der Waals surface area contributed by atoms with E-state index in [-0.39, 0.29) is 10.5 Å². The molecule has 13 heavy (non-hydrogen) atoms. The monoisotopic (exact) mass is 200 g/mol. The van der Waals surface area contributed by atoms with Crippen molar-refractivity contribution in [3.8, 4) is 0 Å². The lowest BCUT2D eigenvalue weighted by atomic mass is 10.1. The van der Waals surface area contributed by atoms with Crippen LogP contribution in [-0.2, 0) is 11.1 Å². The van der Waals surface area contributed by atoms with Gasteiger partial charge in [-0.1, -0.05) is 6.07 Å². The molecule has 1 aromatic carbocycles. The summed E-state index contributed by atoms with van der Waals surface area (Å²) in [7, 11) is 0. The molecule has 0 saturated heterocycles. The minimum atomic E-state index is -2.13. The quantitative estimate of drug-likeness (QED) is 0.705. The number of hydrogen-bond donors (Lipinski definition) is 2. The zero-order valence-electron chi connectivity index (χ0n) is 6.85. The van der Waals surface area contributed by atoms with E-state index >= 15 is 0 Å². The lowest BCUT2D eigenvalue weighted by molar-refractivity contribution is 0.0696. The summed E-state index contributed by atoms with van der Waals surface area (Å²) in [6.45, 7) is 1.51. The van der Waals surface area contributed by atoms with Crippen LogP contribution in [0, 0.1) is 6.92 Å². The predicted molar refractivity (Wildman–Crippen MR) is 47.2 cm³/mol. The first-order chi connectivity index (χ1) is 6.04. The van der Waals surface area contributed by atoms with Gasteiger partial charge in [0.05, 0.1) is 10.5 Å². The van der Waals surface area contributed by atoms with Crippen LogP contribution in [0.4, 0.5) is 0 Å². The summed E-state index contributed by atoms with van der Waals surface area (Å²) >= 11 is -2.13. The van der Waals surface area contributed by atoms with Gasteiger partial charge in [0, 0.05) is 0 Å². The molecular weight excluding hydrogens is 192 g/mol. The van der Waals surface area contributed by atoms with Crippen molar-refractivity contribution in [2.45, 2.75) is 11.8 Å². The maximum absolute atomic E-state index is 10.7. The number of benzene rings is 1. The smallest absolute Gasteiger partial charge is 0.335 e. The molecule has 1 unspecified atom stereocenters. The van der Waals surface area contributed by atoms with Crippen molar-refractivity contribution in [2.24, 2.45) is 0 Å². The summed E-state index contributed by atoms with van der Waals surface area (Å²) in [5.74, 6) is -1.09. The average Bonchev–Trinajstić information content (AvgIpc) is 2.03. The molecule has 1 aromatic rings. The largest absolute Gasteiger partial charge is 0.478 e. The van der Waals surface area contributed by atoms with E-state index in [0.29, 0.717) is 5.56 Å². The standard InChI is InChI=1S/C8H8O4S/c1-5-6(8(9)10)3-2-4-7(5)13(11)12/h2-4H,1H3,(H,9,10)(H,11,12). The molecule has 1 atom stereocenters. The number of rotatable bonds is 2. The van der Waals surface area contributed by atoms with E-state index in [1.165, 1.54) is 25.1 Å². The molecule has 70 valence electrons. The van der Waals surface area contributed by atoms with Gasteiger partial charge in [0.15, 0.2) is 11.1 Å². The van der Waals surface area contributed by atoms with Gasteiger partial charge in [0.1, 0.15) is 0 Å². The maximum Gasteiger partial charge on any atom is 0.335 e. The van der Waals surface area contributed by atoms with E-state index in [2.05, 4.69) is 0 Å². The molecule has 2 N–H and O–H groups in total. The summed E-state index contributed by atoms with van der Waals surface area (Å²) in [5, 5.41) is 8.69. The van der Waals surface area contributed by atoms with E-state index < -0.39 is 17.0 Å². The Morgan fingerprint density at radius 3 is 2.54 bits per heavy atom. The van der Waals surface area contributed by atoms with E-state index in [1.807, 2.05) is 0 Å². The van der Waals surface area contributed by atoms with Gasteiger partial charge in [-0.2, -0.15) is 0 Å². The van der Waals surface area contributed by atoms with Crippen molar-refractivity contribution < 1.29 is 18.7 Å². The van der Waals surface area contributed by atoms with Gasteiger partial charge in [-0.3, -0.25) is 0 Å². The lowest BCUT2D eigenvalue weighted by Gasteiger charge is -2.03. The molecule has 0 bridgehead atoms. The van der Waals surface area contributed by atoms with Gasteiger partial charge in [-0.05, 0) is 24.6 Å². The Bertz CT molecular complexity index is 340. The highest BCUT2D eigenvalue weighted by Crippen LogP contribution is 2.16. The Labute approximate surface area is 77.5 Å². The molecule has 4 nitrogen and oxygen atoms in total. The first-order valence-electron chi connectivity index (χ1n) is 3.48. The fraction of sp³-hybridized carbons (Fsp3) is 0.125. The highest BCUT2D eigenvalue weighted by Gasteiger charge is 2.12. The highest BCUT2D eigenvalue weighted by atomic mass is 32.2. The van der Waals surface area contributed by atoms with Gasteiger partial charge in [0.2, 0.25) is 0 Å². The second-order valence-corrected chi connectivity index (χ2v) is 3.42. The van der Waals surface area contributed by atoms with E-state index in [4.69, 9.17) is 9.66 Å². The van der Waals surface area contributed by atoms with Crippen molar-refractivity contribution in [1.29, 1.82) is 0 Å². The Balaban J connectivity index is 3.35. The number of carboxylic acid groups (broad SMARTS) is 1. The molecule has 0 heterocycles. The minimum Gasteiger partial charge on any atom is -0.478 e. The van der Waals surface area contributed by atoms with Gasteiger partial charge < -0.3 is 9.66 Å². The molecule has 0 aliphatic heterocycles. The van der Waals surface area contributed by atoms with Crippen LogP contribution in [0.15, 0.2) is 23.1 Å². The van der Waals surface area contributed by atoms with Gasteiger partial charge in [-0.15, -0.1) is 0 Å². The van der Waals surface area contributed by atoms with Gasteiger partial charge in [0.25, 0.3) is 0 Å². The highest BCUT2D eigenvalue weighted by molar-refractivity contribution is 7.79. The Morgan fingerprint density at radius 1 is 1.46 bits per heavy atom. The number of hydrogen-bond acceptors (Lipinski definition) is 2. The zero-order chi connectivity index (χ0) is 10.0. The Kier molecular flexibility index (Phi) is 2.79. The molecule has 0 aliphatic rings. The summed E-state index contributed by atoms with van der Waals surface area (Å²) < 4.78 is 19.5. The van der Waals surface area contributed by atoms with Crippen LogP contribution in [0.25, 0.3) is 0 Å². The molecule has 5 heteroatoms. The number of carboxylic acids is 1. The van der Waals surface area contributed by atoms with E-state index in [1.54, 1.807) is 0 Å². The van der Waals surface area contributed by atoms with Crippen molar-refractivity contribution in [2.75, 3.05) is 0 Å². The lowest BCUT2D eigenvalue weighted by Crippen LogP contribution is -2.03. The summed E-state index contributed by atoms with van der Waals surface area (Å²) in [5.41, 5.74) is 0.385. The van der Waals surface area contributed by atoms with Crippen molar-refractivity contribution in [3.63, 3.8) is 0 Å². The van der Waals surface area contributed by atoms with Crippen LogP contribution >= 0.6 is 0 Å². The third-order valence-corrected chi connectivity index (χ3v) is 2.52. The van der Waals surface area contributed by atoms with E-state index in [9.17, 15) is 9.00 Å². The average molecular weight is 200 g/mol. The second kappa shape index (κ2) is 3.68. The molecule has 0 amide bonds. The normalized spacial score (nSPS) is 12.5. The number of aromatic carboxylic acids is 1. The van der Waals surface area contributed by atoms with Crippen LogP contribution in [0.3, 0.4) is 0 Å². The fourth-order valence-corrected chi connectivity index (χ4v) is 1.60. The molecule has 0 aromatic heterocycles. The number of carbonyl (C=O) groups is 1. The van der Waals surface area contributed by atoms with Crippen LogP contribution in [0.5, 0.6) is 0 Å². The van der Waals surface area contributed by atoms with Gasteiger partial charge >= 0.3 is 5.97 Å². The van der Waals surface area contributed by atoms with Crippen molar-refractivity contribution in [3.05, 3.63) is 29.3 Å². The summed E-state index contributed by atoms with van der Waals surface area (Å²) in [6.07, 6.45) is 0. The summed E-state index contributed by atoms with van der Waals surface area (Å²) in [4.78, 5) is 10.8. The van der Waals surface area contributed by atoms with Crippen LogP contribution in [-0.4, -0.2) is 19.8 Å². The van der Waals surface area contributed by atoms with Crippen LogP contribution < -0.4 is 0 Å². The van der Waals surface area contributed by atoms with Crippen LogP contribution in [0.2, 0.25) is 0 Å². The van der Waals surface area contributed by atoms with Crippen LogP contribution in [0.1, 0.15) is 15.9 Å². The molecule has 1 rings (SSSR count). The van der Waals surface area contributed by atoms with Crippen molar-refractivity contribution >= 4 is 17.0 Å². The van der Waals surface area contributed by atoms with Crippen molar-refractivity contribution in [1.82, 2.24) is 0 Å². The van der Waals surface area contributed by atoms with Gasteiger partial charge in [-0.25, -0.2) is 9.00 Å². The molecule has 0 spiro atoms. The third kappa shape index (κ3) is 1.93. The minimum absolute atomic E-state index is 0.0555. The zero-order valence-corrected chi connectivity index (χ0v) is 7.67. The molecule has 0 saturated carbocycles.